The van der Waals surface area contributed by atoms with E-state index < -0.39 is 24.0 Å². The lowest BCUT2D eigenvalue weighted by molar-refractivity contribution is -0.141. The second-order valence-electron chi connectivity index (χ2n) is 9.93. The van der Waals surface area contributed by atoms with E-state index in [2.05, 4.69) is 9.97 Å². The molecule has 7 nitrogen and oxygen atoms in total. The lowest BCUT2D eigenvalue weighted by atomic mass is 9.61. The summed E-state index contributed by atoms with van der Waals surface area (Å²) < 4.78 is 83.8. The molecule has 1 aromatic heterocycles. The molecule has 1 aliphatic carbocycles. The van der Waals surface area contributed by atoms with Crippen molar-refractivity contribution >= 4 is 11.9 Å². The molecule has 2 saturated heterocycles. The molecule has 1 saturated carbocycles. The van der Waals surface area contributed by atoms with Crippen LogP contribution in [-0.4, -0.2) is 70.2 Å². The molecule has 3 fully saturated rings. The highest BCUT2D eigenvalue weighted by molar-refractivity contribution is 5.69. The number of piperazine rings is 1. The normalized spacial score (nSPS) is 26.7. The van der Waals surface area contributed by atoms with Crippen LogP contribution in [0.5, 0.6) is 0 Å². The van der Waals surface area contributed by atoms with Crippen molar-refractivity contribution in [3.63, 3.8) is 0 Å². The van der Waals surface area contributed by atoms with Crippen molar-refractivity contribution in [2.45, 2.75) is 57.6 Å². The van der Waals surface area contributed by atoms with Gasteiger partial charge in [0.1, 0.15) is 11.9 Å². The van der Waals surface area contributed by atoms with Gasteiger partial charge in [0.05, 0.1) is 31.3 Å². The van der Waals surface area contributed by atoms with Crippen LogP contribution in [0.1, 0.15) is 44.8 Å². The van der Waals surface area contributed by atoms with Gasteiger partial charge in [-0.2, -0.15) is 13.2 Å². The topological polar surface area (TPSA) is 61.8 Å². The molecule has 2 atom stereocenters. The Bertz CT molecular complexity index is 1260. The Hall–Kier alpha value is -2.88. The van der Waals surface area contributed by atoms with Crippen LogP contribution in [0, 0.1) is 5.41 Å². The Balaban J connectivity index is 1.11. The number of hydrogen-bond donors (Lipinski definition) is 0. The Morgan fingerprint density at radius 3 is 2.34 bits per heavy atom. The summed E-state index contributed by atoms with van der Waals surface area (Å²) in [6.45, 7) is 6.12. The van der Waals surface area contributed by atoms with Gasteiger partial charge < -0.3 is 9.64 Å². The maximum Gasteiger partial charge on any atom is 0.434 e. The number of carbonyl (C=O) groups excluding carboxylic acids is 1. The Labute approximate surface area is 209 Å². The molecule has 0 N–H and O–H groups in total. The van der Waals surface area contributed by atoms with Gasteiger partial charge in [-0.3, -0.25) is 9.80 Å². The van der Waals surface area contributed by atoms with Crippen LogP contribution in [0.3, 0.4) is 0 Å². The molecule has 0 radical (unpaired) electrons. The van der Waals surface area contributed by atoms with Crippen LogP contribution in [0.4, 0.5) is 23.8 Å². The number of hydrogen-bond acceptors (Lipinski definition) is 6. The van der Waals surface area contributed by atoms with Crippen LogP contribution < -0.4 is 4.90 Å². The minimum absolute atomic E-state index is 0.00451. The predicted octanol–water partition coefficient (Wildman–Crippen LogP) is 4.20. The zero-order chi connectivity index (χ0) is 29.1. The van der Waals surface area contributed by atoms with Crippen molar-refractivity contribution in [1.29, 1.82) is 0 Å². The van der Waals surface area contributed by atoms with Crippen LogP contribution >= 0.6 is 0 Å². The first-order chi connectivity index (χ1) is 18.7. The maximum absolute atomic E-state index is 13.0. The van der Waals surface area contributed by atoms with Crippen LogP contribution in [0.15, 0.2) is 42.6 Å². The third kappa shape index (κ3) is 4.94. The van der Waals surface area contributed by atoms with Crippen LogP contribution in [0.2, 0.25) is 0 Å². The fraction of sp³-hybridized carbons (Fsp3) is 0.560. The van der Waals surface area contributed by atoms with Crippen LogP contribution in [-0.2, 0) is 17.5 Å². The van der Waals surface area contributed by atoms with E-state index in [0.29, 0.717) is 51.0 Å². The van der Waals surface area contributed by atoms with Crippen molar-refractivity contribution < 1.29 is 29.6 Å². The first kappa shape index (κ1) is 18.4. The number of anilines is 1. The molecule has 2 aromatic rings. The number of halogens is 3. The highest BCUT2D eigenvalue weighted by atomic mass is 19.4. The molecule has 35 heavy (non-hydrogen) atoms. The predicted molar refractivity (Wildman–Crippen MR) is 124 cm³/mol. The van der Waals surface area contributed by atoms with Gasteiger partial charge in [0.2, 0.25) is 0 Å². The molecule has 1 aromatic carbocycles. The highest BCUT2D eigenvalue weighted by Crippen LogP contribution is 2.50. The van der Waals surface area contributed by atoms with Crippen molar-refractivity contribution in [2.75, 3.05) is 31.1 Å². The number of ether oxygens (including phenoxy) is 1. The van der Waals surface area contributed by atoms with Gasteiger partial charge in [0.15, 0.2) is 5.69 Å². The molecule has 1 amide bonds. The van der Waals surface area contributed by atoms with Crippen molar-refractivity contribution in [3.8, 4) is 0 Å². The number of nitrogens with zero attached hydrogens (tertiary/aromatic N) is 5. The lowest BCUT2D eigenvalue weighted by Gasteiger charge is -2.58. The molecule has 0 bridgehead atoms. The average Bonchev–Trinajstić information content (AvgIpc) is 2.84. The molecule has 3 heterocycles. The Kier molecular flexibility index (Phi) is 4.71. The van der Waals surface area contributed by atoms with Gasteiger partial charge in [-0.15, -0.1) is 0 Å². The van der Waals surface area contributed by atoms with E-state index in [1.807, 2.05) is 23.6 Å². The van der Waals surface area contributed by atoms with Gasteiger partial charge in [-0.05, 0) is 32.3 Å². The third-order valence-corrected chi connectivity index (χ3v) is 7.02. The zero-order valence-corrected chi connectivity index (χ0v) is 19.5. The fourth-order valence-corrected chi connectivity index (χ4v) is 5.54. The second-order valence-corrected chi connectivity index (χ2v) is 9.93. The molecule has 5 rings (SSSR count). The summed E-state index contributed by atoms with van der Waals surface area (Å²) in [6.07, 6.45) is -2.01. The zero-order valence-electron chi connectivity index (χ0n) is 24.5. The highest BCUT2D eigenvalue weighted by Gasteiger charge is 2.54. The molecular weight excluding hydrogens is 459 g/mol. The first-order valence-corrected chi connectivity index (χ1v) is 11.6. The monoisotopic (exact) mass is 494 g/mol. The SMILES string of the molecule is [2H]c1c([2H])c([2H])c(CN2CC3(CC(OC(=O)N4[C@H](C)CN(c5cnc(C(F)(F)F)cn5)C[C@@H]4C)C3)C2)c([2H])c1[2H]. The quantitative estimate of drug-likeness (QED) is 0.635. The summed E-state index contributed by atoms with van der Waals surface area (Å²) in [6, 6.07) is -1.95. The van der Waals surface area contributed by atoms with Crippen molar-refractivity contribution in [1.82, 2.24) is 19.8 Å². The van der Waals surface area contributed by atoms with Gasteiger partial charge in [-0.1, -0.05) is 30.2 Å². The summed E-state index contributed by atoms with van der Waals surface area (Å²) in [7, 11) is 0. The minimum Gasteiger partial charge on any atom is -0.446 e. The van der Waals surface area contributed by atoms with Gasteiger partial charge in [-0.25, -0.2) is 14.8 Å². The lowest BCUT2D eigenvalue weighted by Crippen LogP contribution is -2.65. The maximum atomic E-state index is 13.0. The number of amides is 1. The van der Waals surface area contributed by atoms with Crippen LogP contribution in [0.25, 0.3) is 0 Å². The van der Waals surface area contributed by atoms with E-state index in [1.54, 1.807) is 4.90 Å². The fourth-order valence-electron chi connectivity index (χ4n) is 5.54. The second kappa shape index (κ2) is 8.96. The van der Waals surface area contributed by atoms with Crippen molar-refractivity contribution in [3.05, 3.63) is 53.9 Å². The van der Waals surface area contributed by atoms with E-state index in [1.165, 1.54) is 0 Å². The largest absolute Gasteiger partial charge is 0.446 e. The number of benzene rings is 1. The van der Waals surface area contributed by atoms with E-state index in [-0.39, 0.29) is 59.9 Å². The Morgan fingerprint density at radius 2 is 1.77 bits per heavy atom. The molecule has 1 spiro atoms. The van der Waals surface area contributed by atoms with E-state index in [9.17, 15) is 18.0 Å². The molecule has 3 aliphatic rings. The van der Waals surface area contributed by atoms with E-state index in [0.717, 1.165) is 6.20 Å². The Morgan fingerprint density at radius 1 is 1.11 bits per heavy atom. The summed E-state index contributed by atoms with van der Waals surface area (Å²) >= 11 is 0. The average molecular weight is 495 g/mol. The van der Waals surface area contributed by atoms with Gasteiger partial charge in [0.25, 0.3) is 0 Å². The number of alkyl halides is 3. The summed E-state index contributed by atoms with van der Waals surface area (Å²) in [5.41, 5.74) is -0.774. The minimum atomic E-state index is -4.56. The van der Waals surface area contributed by atoms with Gasteiger partial charge >= 0.3 is 12.3 Å². The molecule has 2 aliphatic heterocycles. The number of likely N-dealkylation sites (tertiary alicyclic amines) is 1. The standard InChI is InChI=1S/C25H30F3N5O2/c1-17-12-32(22-11-29-21(10-30-22)25(26,27)28)13-18(2)33(17)23(34)35-20-8-24(9-20)15-31(16-24)14-19-6-4-3-5-7-19/h3-7,10-11,17-18,20H,8-9,12-16H2,1-2H3/t17-,18+/i3D,4D,5D,6D,7D. The summed E-state index contributed by atoms with van der Waals surface area (Å²) in [5.74, 6) is 0.318. The van der Waals surface area contributed by atoms with E-state index in [4.69, 9.17) is 11.6 Å². The summed E-state index contributed by atoms with van der Waals surface area (Å²) in [4.78, 5) is 25.9. The molecular formula is C25H30F3N5O2. The number of carbonyl (C=O) groups is 1. The molecule has 0 unspecified atom stereocenters. The first-order valence-electron chi connectivity index (χ1n) is 14.1. The number of rotatable bonds is 4. The van der Waals surface area contributed by atoms with E-state index >= 15 is 0 Å². The summed E-state index contributed by atoms with van der Waals surface area (Å²) in [5, 5.41) is 0. The number of aromatic nitrogens is 2. The smallest absolute Gasteiger partial charge is 0.434 e. The molecule has 188 valence electrons. The third-order valence-electron chi connectivity index (χ3n) is 7.02. The van der Waals surface area contributed by atoms with Crippen molar-refractivity contribution in [2.24, 2.45) is 5.41 Å². The van der Waals surface area contributed by atoms with Gasteiger partial charge in [0, 0.05) is 38.1 Å². The molecule has 10 heteroatoms.